The SMILES string of the molecule is CC1(C)CNCCN1c1ncncc1Cl. The highest BCUT2D eigenvalue weighted by Gasteiger charge is 2.31. The Balaban J connectivity index is 2.33. The van der Waals surface area contributed by atoms with Gasteiger partial charge in [-0.2, -0.15) is 0 Å². The van der Waals surface area contributed by atoms with E-state index in [1.165, 1.54) is 0 Å². The van der Waals surface area contributed by atoms with Gasteiger partial charge < -0.3 is 10.2 Å². The molecule has 2 rings (SSSR count). The van der Waals surface area contributed by atoms with Crippen LogP contribution in [0.1, 0.15) is 13.8 Å². The van der Waals surface area contributed by atoms with E-state index in [0.29, 0.717) is 5.02 Å². The Hall–Kier alpha value is -0.870. The first-order chi connectivity index (χ1) is 7.11. The highest BCUT2D eigenvalue weighted by molar-refractivity contribution is 6.32. The Morgan fingerprint density at radius 3 is 3.00 bits per heavy atom. The van der Waals surface area contributed by atoms with Gasteiger partial charge in [0.05, 0.1) is 6.20 Å². The lowest BCUT2D eigenvalue weighted by Crippen LogP contribution is -2.58. The molecule has 1 N–H and O–H groups in total. The zero-order valence-corrected chi connectivity index (χ0v) is 9.75. The van der Waals surface area contributed by atoms with E-state index in [2.05, 4.69) is 34.0 Å². The molecule has 0 saturated carbocycles. The quantitative estimate of drug-likeness (QED) is 0.784. The van der Waals surface area contributed by atoms with E-state index in [-0.39, 0.29) is 5.54 Å². The summed E-state index contributed by atoms with van der Waals surface area (Å²) in [4.78, 5) is 10.4. The van der Waals surface area contributed by atoms with Crippen molar-refractivity contribution in [3.8, 4) is 0 Å². The molecule has 0 unspecified atom stereocenters. The number of hydrogen-bond donors (Lipinski definition) is 1. The monoisotopic (exact) mass is 226 g/mol. The van der Waals surface area contributed by atoms with Crippen molar-refractivity contribution in [2.24, 2.45) is 0 Å². The summed E-state index contributed by atoms with van der Waals surface area (Å²) >= 11 is 6.10. The normalized spacial score (nSPS) is 20.3. The van der Waals surface area contributed by atoms with Crippen molar-refractivity contribution in [1.82, 2.24) is 15.3 Å². The van der Waals surface area contributed by atoms with Crippen LogP contribution in [-0.4, -0.2) is 35.1 Å². The van der Waals surface area contributed by atoms with E-state index in [1.807, 2.05) is 0 Å². The molecule has 0 atom stereocenters. The van der Waals surface area contributed by atoms with E-state index >= 15 is 0 Å². The fourth-order valence-corrected chi connectivity index (χ4v) is 2.09. The van der Waals surface area contributed by atoms with Gasteiger partial charge in [-0.15, -0.1) is 0 Å². The summed E-state index contributed by atoms with van der Waals surface area (Å²) in [5.41, 5.74) is 0.0379. The molecule has 0 amide bonds. The molecule has 5 heteroatoms. The Morgan fingerprint density at radius 1 is 1.53 bits per heavy atom. The second kappa shape index (κ2) is 3.94. The van der Waals surface area contributed by atoms with E-state index in [0.717, 1.165) is 25.5 Å². The van der Waals surface area contributed by atoms with Crippen LogP contribution in [0.15, 0.2) is 12.5 Å². The Bertz CT molecular complexity index is 353. The third kappa shape index (κ3) is 2.06. The van der Waals surface area contributed by atoms with Crippen LogP contribution >= 0.6 is 11.6 Å². The Kier molecular flexibility index (Phi) is 2.80. The van der Waals surface area contributed by atoms with Crippen molar-refractivity contribution in [3.63, 3.8) is 0 Å². The molecule has 1 aromatic heterocycles. The standard InChI is InChI=1S/C10H15ClN4/c1-10(2)6-12-3-4-15(10)9-8(11)5-13-7-14-9/h5,7,12H,3-4,6H2,1-2H3. The molecule has 15 heavy (non-hydrogen) atoms. The van der Waals surface area contributed by atoms with Crippen molar-refractivity contribution in [3.05, 3.63) is 17.5 Å². The molecule has 0 bridgehead atoms. The highest BCUT2D eigenvalue weighted by Crippen LogP contribution is 2.28. The molecule has 1 aromatic rings. The van der Waals surface area contributed by atoms with Gasteiger partial charge in [0.2, 0.25) is 0 Å². The second-order valence-corrected chi connectivity index (χ2v) is 4.74. The third-order valence-corrected chi connectivity index (χ3v) is 2.97. The molecule has 0 radical (unpaired) electrons. The number of nitrogens with one attached hydrogen (secondary N) is 1. The first-order valence-corrected chi connectivity index (χ1v) is 5.43. The average Bonchev–Trinajstić information content (AvgIpc) is 2.19. The van der Waals surface area contributed by atoms with E-state index in [9.17, 15) is 0 Å². The van der Waals surface area contributed by atoms with Crippen molar-refractivity contribution < 1.29 is 0 Å². The van der Waals surface area contributed by atoms with Crippen molar-refractivity contribution in [1.29, 1.82) is 0 Å². The number of nitrogens with zero attached hydrogens (tertiary/aromatic N) is 3. The molecule has 0 spiro atoms. The lowest BCUT2D eigenvalue weighted by molar-refractivity contribution is 0.378. The minimum absolute atomic E-state index is 0.0379. The van der Waals surface area contributed by atoms with Crippen LogP contribution in [0.2, 0.25) is 5.02 Å². The number of piperazine rings is 1. The van der Waals surface area contributed by atoms with Gasteiger partial charge in [0.15, 0.2) is 5.82 Å². The van der Waals surface area contributed by atoms with E-state index in [1.54, 1.807) is 12.5 Å². The minimum atomic E-state index is 0.0379. The van der Waals surface area contributed by atoms with Gasteiger partial charge in [-0.1, -0.05) is 11.6 Å². The highest BCUT2D eigenvalue weighted by atomic mass is 35.5. The number of anilines is 1. The molecule has 2 heterocycles. The maximum Gasteiger partial charge on any atom is 0.151 e. The van der Waals surface area contributed by atoms with Crippen LogP contribution in [-0.2, 0) is 0 Å². The van der Waals surface area contributed by atoms with Crippen LogP contribution in [0.3, 0.4) is 0 Å². The molecule has 4 nitrogen and oxygen atoms in total. The van der Waals surface area contributed by atoms with Crippen LogP contribution in [0.5, 0.6) is 0 Å². The molecule has 0 aromatic carbocycles. The van der Waals surface area contributed by atoms with Crippen LogP contribution < -0.4 is 10.2 Å². The molecular weight excluding hydrogens is 212 g/mol. The van der Waals surface area contributed by atoms with Gasteiger partial charge in [-0.25, -0.2) is 9.97 Å². The zero-order chi connectivity index (χ0) is 10.9. The van der Waals surface area contributed by atoms with Crippen molar-refractivity contribution in [2.75, 3.05) is 24.5 Å². The first-order valence-electron chi connectivity index (χ1n) is 5.05. The lowest BCUT2D eigenvalue weighted by atomic mass is 10.0. The second-order valence-electron chi connectivity index (χ2n) is 4.34. The van der Waals surface area contributed by atoms with Gasteiger partial charge in [0, 0.05) is 25.2 Å². The van der Waals surface area contributed by atoms with E-state index < -0.39 is 0 Å². The minimum Gasteiger partial charge on any atom is -0.348 e. The Morgan fingerprint density at radius 2 is 2.33 bits per heavy atom. The van der Waals surface area contributed by atoms with Crippen LogP contribution in [0, 0.1) is 0 Å². The van der Waals surface area contributed by atoms with Gasteiger partial charge >= 0.3 is 0 Å². The van der Waals surface area contributed by atoms with Gasteiger partial charge in [0.1, 0.15) is 11.3 Å². The molecule has 0 aliphatic carbocycles. The summed E-state index contributed by atoms with van der Waals surface area (Å²) in [6, 6.07) is 0. The third-order valence-electron chi connectivity index (χ3n) is 2.70. The predicted molar refractivity (Wildman–Crippen MR) is 61.3 cm³/mol. The smallest absolute Gasteiger partial charge is 0.151 e. The number of halogens is 1. The summed E-state index contributed by atoms with van der Waals surface area (Å²) in [6.45, 7) is 7.18. The predicted octanol–water partition coefficient (Wildman–Crippen LogP) is 1.32. The largest absolute Gasteiger partial charge is 0.348 e. The number of hydrogen-bond acceptors (Lipinski definition) is 4. The van der Waals surface area contributed by atoms with Gasteiger partial charge in [-0.3, -0.25) is 0 Å². The summed E-state index contributed by atoms with van der Waals surface area (Å²) in [7, 11) is 0. The molecular formula is C10H15ClN4. The number of aromatic nitrogens is 2. The fraction of sp³-hybridized carbons (Fsp3) is 0.600. The molecule has 1 fully saturated rings. The summed E-state index contributed by atoms with van der Waals surface area (Å²) < 4.78 is 0. The first kappa shape index (κ1) is 10.6. The molecule has 1 aliphatic rings. The maximum absolute atomic E-state index is 6.10. The van der Waals surface area contributed by atoms with Crippen molar-refractivity contribution >= 4 is 17.4 Å². The Labute approximate surface area is 94.7 Å². The maximum atomic E-state index is 6.10. The van der Waals surface area contributed by atoms with E-state index in [4.69, 9.17) is 11.6 Å². The molecule has 1 aliphatic heterocycles. The average molecular weight is 227 g/mol. The fourth-order valence-electron chi connectivity index (χ4n) is 1.88. The number of rotatable bonds is 1. The van der Waals surface area contributed by atoms with Gasteiger partial charge in [-0.05, 0) is 13.8 Å². The lowest BCUT2D eigenvalue weighted by Gasteiger charge is -2.43. The van der Waals surface area contributed by atoms with Gasteiger partial charge in [0.25, 0.3) is 0 Å². The molecule has 82 valence electrons. The van der Waals surface area contributed by atoms with Crippen molar-refractivity contribution in [2.45, 2.75) is 19.4 Å². The summed E-state index contributed by atoms with van der Waals surface area (Å²) in [6.07, 6.45) is 3.18. The molecule has 1 saturated heterocycles. The van der Waals surface area contributed by atoms with Crippen LogP contribution in [0.4, 0.5) is 5.82 Å². The zero-order valence-electron chi connectivity index (χ0n) is 9.00. The van der Waals surface area contributed by atoms with Crippen LogP contribution in [0.25, 0.3) is 0 Å². The summed E-state index contributed by atoms with van der Waals surface area (Å²) in [5.74, 6) is 0.832. The topological polar surface area (TPSA) is 41.0 Å². The summed E-state index contributed by atoms with van der Waals surface area (Å²) in [5, 5.41) is 3.98.